The van der Waals surface area contributed by atoms with Crippen molar-refractivity contribution in [2.45, 2.75) is 0 Å². The summed E-state index contributed by atoms with van der Waals surface area (Å²) in [5.41, 5.74) is 22.0. The molecule has 0 saturated carbocycles. The Morgan fingerprint density at radius 3 is 1.58 bits per heavy atom. The van der Waals surface area contributed by atoms with Crippen molar-refractivity contribution in [3.63, 3.8) is 0 Å². The predicted octanol–water partition coefficient (Wildman–Crippen LogP) is 11.9. The molecule has 45 heavy (non-hydrogen) atoms. The molecule has 1 nitrogen and oxygen atoms in total. The first-order valence-corrected chi connectivity index (χ1v) is 15.5. The van der Waals surface area contributed by atoms with Crippen LogP contribution in [0.5, 0.6) is 0 Å². The van der Waals surface area contributed by atoms with Crippen molar-refractivity contribution in [2.24, 2.45) is 0 Å². The number of hydrogen-bond acceptors (Lipinski definition) is 1. The maximum atomic E-state index is 6.21. The molecule has 0 fully saturated rings. The minimum Gasteiger partial charge on any atom is -0.399 e. The average molecular weight is 572 g/mol. The fourth-order valence-electron chi connectivity index (χ4n) is 7.44. The zero-order chi connectivity index (χ0) is 29.9. The molecule has 210 valence electrons. The van der Waals surface area contributed by atoms with Crippen molar-refractivity contribution in [1.29, 1.82) is 0 Å². The van der Waals surface area contributed by atoms with E-state index in [0.29, 0.717) is 0 Å². The lowest BCUT2D eigenvalue weighted by atomic mass is 9.80. The Hall–Kier alpha value is -5.92. The van der Waals surface area contributed by atoms with Gasteiger partial charge in [0, 0.05) is 5.69 Å². The van der Waals surface area contributed by atoms with Crippen LogP contribution in [-0.2, 0) is 0 Å². The lowest BCUT2D eigenvalue weighted by Crippen LogP contribution is -1.96. The minimum atomic E-state index is 0.777. The third-order valence-electron chi connectivity index (χ3n) is 9.33. The van der Waals surface area contributed by atoms with E-state index in [2.05, 4.69) is 158 Å². The van der Waals surface area contributed by atoms with Gasteiger partial charge in [-0.2, -0.15) is 0 Å². The molecule has 0 aromatic heterocycles. The zero-order valence-corrected chi connectivity index (χ0v) is 24.7. The highest BCUT2D eigenvalue weighted by Gasteiger charge is 2.30. The first-order chi connectivity index (χ1) is 22.3. The van der Waals surface area contributed by atoms with E-state index in [-0.39, 0.29) is 0 Å². The van der Waals surface area contributed by atoms with Gasteiger partial charge in [0.05, 0.1) is 0 Å². The fraction of sp³-hybridized carbons (Fsp3) is 0. The van der Waals surface area contributed by atoms with Crippen molar-refractivity contribution in [3.05, 3.63) is 164 Å². The van der Waals surface area contributed by atoms with E-state index in [4.69, 9.17) is 5.73 Å². The molecule has 0 radical (unpaired) electrons. The molecule has 0 atom stereocenters. The summed E-state index contributed by atoms with van der Waals surface area (Å²) in [6.45, 7) is 0. The molecule has 1 heteroatoms. The Bertz CT molecular complexity index is 2410. The van der Waals surface area contributed by atoms with Crippen molar-refractivity contribution >= 4 is 27.2 Å². The molecule has 1 aliphatic rings. The Balaban J connectivity index is 1.45. The third-order valence-corrected chi connectivity index (χ3v) is 9.33. The van der Waals surface area contributed by atoms with Gasteiger partial charge in [-0.1, -0.05) is 146 Å². The molecule has 1 aliphatic carbocycles. The third kappa shape index (κ3) is 3.95. The molecule has 0 amide bonds. The van der Waals surface area contributed by atoms with Crippen LogP contribution in [0.2, 0.25) is 0 Å². The molecule has 2 N–H and O–H groups in total. The summed E-state index contributed by atoms with van der Waals surface area (Å²) in [5.74, 6) is 0. The average Bonchev–Trinajstić information content (AvgIpc) is 3.44. The van der Waals surface area contributed by atoms with Crippen LogP contribution in [0.1, 0.15) is 0 Å². The Kier molecular flexibility index (Phi) is 5.73. The Labute approximate surface area is 262 Å². The molecule has 0 aliphatic heterocycles. The quantitative estimate of drug-likeness (QED) is 0.209. The smallest absolute Gasteiger partial charge is 0.0320 e. The van der Waals surface area contributed by atoms with E-state index in [1.165, 1.54) is 82.9 Å². The van der Waals surface area contributed by atoms with Crippen LogP contribution < -0.4 is 5.73 Å². The first kappa shape index (κ1) is 25.6. The summed E-state index contributed by atoms with van der Waals surface area (Å²) in [4.78, 5) is 0. The van der Waals surface area contributed by atoms with Gasteiger partial charge in [0.2, 0.25) is 0 Å². The van der Waals surface area contributed by atoms with Crippen LogP contribution in [-0.4, -0.2) is 0 Å². The Morgan fingerprint density at radius 1 is 0.311 bits per heavy atom. The van der Waals surface area contributed by atoms with Crippen LogP contribution in [0.4, 0.5) is 5.69 Å². The summed E-state index contributed by atoms with van der Waals surface area (Å²) in [6.07, 6.45) is 0. The zero-order valence-electron chi connectivity index (χ0n) is 24.7. The molecule has 8 aromatic carbocycles. The highest BCUT2D eigenvalue weighted by atomic mass is 14.5. The second-order valence-electron chi connectivity index (χ2n) is 11.9. The van der Waals surface area contributed by atoms with Gasteiger partial charge in [0.25, 0.3) is 0 Å². The van der Waals surface area contributed by atoms with Gasteiger partial charge < -0.3 is 5.73 Å². The number of fused-ring (bicyclic) bond motifs is 4. The van der Waals surface area contributed by atoms with Crippen LogP contribution in [0.25, 0.3) is 88.3 Å². The topological polar surface area (TPSA) is 26.0 Å². The van der Waals surface area contributed by atoms with Crippen LogP contribution in [0.15, 0.2) is 164 Å². The van der Waals surface area contributed by atoms with E-state index in [9.17, 15) is 0 Å². The maximum Gasteiger partial charge on any atom is 0.0320 e. The normalized spacial score (nSPS) is 11.6. The van der Waals surface area contributed by atoms with E-state index in [1.54, 1.807) is 0 Å². The molecule has 0 unspecified atom stereocenters. The lowest BCUT2D eigenvalue weighted by Gasteiger charge is -2.22. The lowest BCUT2D eigenvalue weighted by molar-refractivity contribution is 1.56. The van der Waals surface area contributed by atoms with Gasteiger partial charge in [-0.25, -0.2) is 0 Å². The summed E-state index contributed by atoms with van der Waals surface area (Å²) in [5, 5.41) is 4.95. The number of anilines is 1. The van der Waals surface area contributed by atoms with E-state index in [0.717, 1.165) is 11.1 Å². The molecule has 0 bridgehead atoms. The number of nitrogens with two attached hydrogens (primary N) is 1. The summed E-state index contributed by atoms with van der Waals surface area (Å²) in [6, 6.07) is 59.4. The van der Waals surface area contributed by atoms with Gasteiger partial charge in [-0.3, -0.25) is 0 Å². The summed E-state index contributed by atoms with van der Waals surface area (Å²) >= 11 is 0. The summed E-state index contributed by atoms with van der Waals surface area (Å²) < 4.78 is 0. The highest BCUT2D eigenvalue weighted by molar-refractivity contribution is 6.23. The molecule has 0 saturated heterocycles. The van der Waals surface area contributed by atoms with Gasteiger partial charge in [-0.05, 0) is 107 Å². The minimum absolute atomic E-state index is 0.777. The van der Waals surface area contributed by atoms with Crippen molar-refractivity contribution in [2.75, 3.05) is 5.73 Å². The molecule has 0 spiro atoms. The number of benzene rings is 8. The van der Waals surface area contributed by atoms with Gasteiger partial charge >= 0.3 is 0 Å². The van der Waals surface area contributed by atoms with Crippen LogP contribution in [0, 0.1) is 0 Å². The van der Waals surface area contributed by atoms with Gasteiger partial charge in [0.15, 0.2) is 0 Å². The van der Waals surface area contributed by atoms with E-state index in [1.807, 2.05) is 6.07 Å². The van der Waals surface area contributed by atoms with Crippen molar-refractivity contribution in [3.8, 4) is 66.8 Å². The second kappa shape index (κ2) is 10.1. The van der Waals surface area contributed by atoms with Crippen LogP contribution >= 0.6 is 0 Å². The molecular weight excluding hydrogens is 542 g/mol. The van der Waals surface area contributed by atoms with Gasteiger partial charge in [-0.15, -0.1) is 0 Å². The highest BCUT2D eigenvalue weighted by Crippen LogP contribution is 2.57. The number of nitrogen functional groups attached to an aromatic ring is 1. The monoisotopic (exact) mass is 571 g/mol. The predicted molar refractivity (Wildman–Crippen MR) is 192 cm³/mol. The number of rotatable bonds is 4. The maximum absolute atomic E-state index is 6.21. The fourth-order valence-corrected chi connectivity index (χ4v) is 7.44. The first-order valence-electron chi connectivity index (χ1n) is 15.5. The van der Waals surface area contributed by atoms with Crippen LogP contribution in [0.3, 0.4) is 0 Å². The molecule has 9 rings (SSSR count). The van der Waals surface area contributed by atoms with E-state index >= 15 is 0 Å². The van der Waals surface area contributed by atoms with E-state index < -0.39 is 0 Å². The summed E-state index contributed by atoms with van der Waals surface area (Å²) in [7, 11) is 0. The second-order valence-corrected chi connectivity index (χ2v) is 11.9. The SMILES string of the molecule is Nc1ccc2c(-c3ccccc3-c3cc(-c4ccccc4)c4c(c3-c3ccccc3)-c3cccc5cccc-4c35)cccc2c1. The largest absolute Gasteiger partial charge is 0.399 e. The molecular formula is C44H29N. The molecule has 8 aromatic rings. The standard InChI is InChI=1S/C44H29N/c45-32-24-25-33-31(26-32)18-11-21-34(33)35-19-7-8-20-36(35)40-27-39(28-12-3-1-4-13-28)43-37-22-9-16-29-17-10-23-38(41(29)37)44(43)42(40)30-14-5-2-6-15-30/h1-27H,45H2. The van der Waals surface area contributed by atoms with Gasteiger partial charge in [0.1, 0.15) is 0 Å². The molecule has 0 heterocycles. The Morgan fingerprint density at radius 2 is 0.867 bits per heavy atom. The number of hydrogen-bond donors (Lipinski definition) is 1. The van der Waals surface area contributed by atoms with Crippen molar-refractivity contribution in [1.82, 2.24) is 0 Å². The van der Waals surface area contributed by atoms with Crippen molar-refractivity contribution < 1.29 is 0 Å².